The molecule has 0 radical (unpaired) electrons. The van der Waals surface area contributed by atoms with Crippen LogP contribution in [0.15, 0.2) is 24.3 Å². The van der Waals surface area contributed by atoms with Crippen molar-refractivity contribution in [3.8, 4) is 0 Å². The van der Waals surface area contributed by atoms with Crippen LogP contribution in [0.1, 0.15) is 24.8 Å². The third kappa shape index (κ3) is 2.60. The highest BCUT2D eigenvalue weighted by Crippen LogP contribution is 2.53. The number of alkyl halides is 1. The van der Waals surface area contributed by atoms with Crippen LogP contribution in [0.5, 0.6) is 0 Å². The summed E-state index contributed by atoms with van der Waals surface area (Å²) in [6.45, 7) is 0.426. The van der Waals surface area contributed by atoms with Crippen LogP contribution in [0.4, 0.5) is 0 Å². The Balaban J connectivity index is 2.22. The maximum absolute atomic E-state index is 10.7. The van der Waals surface area contributed by atoms with Crippen LogP contribution in [0.2, 0.25) is 5.02 Å². The van der Waals surface area contributed by atoms with E-state index in [0.29, 0.717) is 24.4 Å². The van der Waals surface area contributed by atoms with E-state index in [2.05, 4.69) is 0 Å². The molecule has 0 aliphatic heterocycles. The van der Waals surface area contributed by atoms with E-state index >= 15 is 0 Å². The molecule has 0 saturated heterocycles. The van der Waals surface area contributed by atoms with Gasteiger partial charge in [-0.2, -0.15) is 0 Å². The van der Waals surface area contributed by atoms with E-state index < -0.39 is 10.5 Å². The summed E-state index contributed by atoms with van der Waals surface area (Å²) in [5.74, 6) is 0. The standard InChI is InChI=1S/C13H17Cl2NO/c14-11-4-2-1-3-10(11)9-13(17,7-8-16)12(15)5-6-12/h1-4,17H,5-9,16H2. The highest BCUT2D eigenvalue weighted by Gasteiger charge is 2.57. The maximum atomic E-state index is 10.7. The fourth-order valence-corrected chi connectivity index (χ4v) is 2.70. The first kappa shape index (κ1) is 13.2. The highest BCUT2D eigenvalue weighted by atomic mass is 35.5. The largest absolute Gasteiger partial charge is 0.388 e. The SMILES string of the molecule is NCCC(O)(Cc1ccccc1Cl)C1(Cl)CC1. The highest BCUT2D eigenvalue weighted by molar-refractivity contribution is 6.31. The van der Waals surface area contributed by atoms with Gasteiger partial charge in [0, 0.05) is 11.4 Å². The predicted molar refractivity (Wildman–Crippen MR) is 71.6 cm³/mol. The van der Waals surface area contributed by atoms with Gasteiger partial charge in [0.2, 0.25) is 0 Å². The third-order valence-corrected chi connectivity index (χ3v) is 4.62. The number of rotatable bonds is 5. The van der Waals surface area contributed by atoms with E-state index in [4.69, 9.17) is 28.9 Å². The molecule has 0 spiro atoms. The number of benzene rings is 1. The van der Waals surface area contributed by atoms with Gasteiger partial charge in [-0.25, -0.2) is 0 Å². The zero-order chi connectivity index (χ0) is 12.5. The van der Waals surface area contributed by atoms with Crippen molar-refractivity contribution in [2.75, 3.05) is 6.54 Å². The summed E-state index contributed by atoms with van der Waals surface area (Å²) in [5.41, 5.74) is 5.56. The van der Waals surface area contributed by atoms with Crippen LogP contribution in [0.3, 0.4) is 0 Å². The molecule has 94 valence electrons. The lowest BCUT2D eigenvalue weighted by Gasteiger charge is -2.33. The van der Waals surface area contributed by atoms with Crippen molar-refractivity contribution in [3.05, 3.63) is 34.9 Å². The van der Waals surface area contributed by atoms with Gasteiger partial charge in [-0.3, -0.25) is 0 Å². The smallest absolute Gasteiger partial charge is 0.0891 e. The van der Waals surface area contributed by atoms with E-state index in [0.717, 1.165) is 18.4 Å². The van der Waals surface area contributed by atoms with Gasteiger partial charge in [0.25, 0.3) is 0 Å². The summed E-state index contributed by atoms with van der Waals surface area (Å²) in [6, 6.07) is 7.54. The minimum absolute atomic E-state index is 0.426. The minimum Gasteiger partial charge on any atom is -0.388 e. The third-order valence-electron chi connectivity index (χ3n) is 3.52. The molecule has 1 saturated carbocycles. The molecule has 0 heterocycles. The van der Waals surface area contributed by atoms with Crippen LogP contribution >= 0.6 is 23.2 Å². The van der Waals surface area contributed by atoms with Crippen molar-refractivity contribution in [2.45, 2.75) is 36.2 Å². The zero-order valence-electron chi connectivity index (χ0n) is 9.63. The Morgan fingerprint density at radius 1 is 1.35 bits per heavy atom. The molecular formula is C13H17Cl2NO. The molecule has 1 aliphatic rings. The molecule has 3 N–H and O–H groups in total. The Hall–Kier alpha value is -0.280. The molecule has 1 fully saturated rings. The molecule has 0 bridgehead atoms. The Morgan fingerprint density at radius 3 is 2.53 bits per heavy atom. The normalized spacial score (nSPS) is 20.9. The maximum Gasteiger partial charge on any atom is 0.0891 e. The average Bonchev–Trinajstić information content (AvgIpc) is 3.02. The Labute approximate surface area is 112 Å². The topological polar surface area (TPSA) is 46.2 Å². The van der Waals surface area contributed by atoms with Crippen LogP contribution in [0, 0.1) is 0 Å². The fourth-order valence-electron chi connectivity index (χ4n) is 2.24. The Bertz CT molecular complexity index is 406. The summed E-state index contributed by atoms with van der Waals surface area (Å²) in [5, 5.41) is 11.4. The van der Waals surface area contributed by atoms with Crippen LogP contribution < -0.4 is 5.73 Å². The first-order valence-electron chi connectivity index (χ1n) is 5.85. The van der Waals surface area contributed by atoms with Gasteiger partial charge in [0.1, 0.15) is 0 Å². The van der Waals surface area contributed by atoms with Crippen molar-refractivity contribution < 1.29 is 5.11 Å². The second kappa shape index (κ2) is 4.77. The summed E-state index contributed by atoms with van der Waals surface area (Å²) in [7, 11) is 0. The lowest BCUT2D eigenvalue weighted by Crippen LogP contribution is -2.44. The van der Waals surface area contributed by atoms with Crippen molar-refractivity contribution in [1.82, 2.24) is 0 Å². The molecule has 0 amide bonds. The first-order chi connectivity index (χ1) is 8.01. The lowest BCUT2D eigenvalue weighted by atomic mass is 9.86. The summed E-state index contributed by atoms with van der Waals surface area (Å²) < 4.78 is 0. The molecule has 0 aromatic heterocycles. The number of hydrogen-bond acceptors (Lipinski definition) is 2. The lowest BCUT2D eigenvalue weighted by molar-refractivity contribution is 0.0219. The van der Waals surface area contributed by atoms with Crippen molar-refractivity contribution in [1.29, 1.82) is 0 Å². The van der Waals surface area contributed by atoms with Crippen molar-refractivity contribution >= 4 is 23.2 Å². The van der Waals surface area contributed by atoms with Gasteiger partial charge in [0.05, 0.1) is 10.5 Å². The number of halogens is 2. The molecule has 17 heavy (non-hydrogen) atoms. The zero-order valence-corrected chi connectivity index (χ0v) is 11.1. The molecule has 1 unspecified atom stereocenters. The number of hydrogen-bond donors (Lipinski definition) is 2. The van der Waals surface area contributed by atoms with E-state index in [1.165, 1.54) is 0 Å². The van der Waals surface area contributed by atoms with Crippen LogP contribution in [-0.2, 0) is 6.42 Å². The number of nitrogens with two attached hydrogens (primary N) is 1. The van der Waals surface area contributed by atoms with Gasteiger partial charge in [0.15, 0.2) is 0 Å². The molecule has 2 nitrogen and oxygen atoms in total. The quantitative estimate of drug-likeness (QED) is 0.811. The monoisotopic (exact) mass is 273 g/mol. The van der Waals surface area contributed by atoms with Crippen LogP contribution in [0.25, 0.3) is 0 Å². The van der Waals surface area contributed by atoms with Gasteiger partial charge in [-0.1, -0.05) is 29.8 Å². The van der Waals surface area contributed by atoms with E-state index in [1.54, 1.807) is 0 Å². The summed E-state index contributed by atoms with van der Waals surface area (Å²) in [6.07, 6.45) is 2.65. The number of aliphatic hydroxyl groups is 1. The predicted octanol–water partition coefficient (Wildman–Crippen LogP) is 2.73. The van der Waals surface area contributed by atoms with E-state index in [9.17, 15) is 5.11 Å². The van der Waals surface area contributed by atoms with E-state index in [-0.39, 0.29) is 0 Å². The van der Waals surface area contributed by atoms with Crippen molar-refractivity contribution in [3.63, 3.8) is 0 Å². The molecule has 1 aromatic carbocycles. The molecule has 1 aromatic rings. The van der Waals surface area contributed by atoms with Gasteiger partial charge >= 0.3 is 0 Å². The molecule has 4 heteroatoms. The molecule has 2 rings (SSSR count). The molecule has 1 atom stereocenters. The van der Waals surface area contributed by atoms with Crippen LogP contribution in [-0.4, -0.2) is 22.1 Å². The van der Waals surface area contributed by atoms with Gasteiger partial charge in [-0.05, 0) is 37.4 Å². The second-order valence-corrected chi connectivity index (χ2v) is 5.93. The fraction of sp³-hybridized carbons (Fsp3) is 0.538. The molecular weight excluding hydrogens is 257 g/mol. The van der Waals surface area contributed by atoms with Gasteiger partial charge in [-0.15, -0.1) is 11.6 Å². The average molecular weight is 274 g/mol. The second-order valence-electron chi connectivity index (χ2n) is 4.80. The minimum atomic E-state index is -0.950. The summed E-state index contributed by atoms with van der Waals surface area (Å²) in [4.78, 5) is -0.508. The van der Waals surface area contributed by atoms with Crippen molar-refractivity contribution in [2.24, 2.45) is 5.73 Å². The summed E-state index contributed by atoms with van der Waals surface area (Å²) >= 11 is 12.5. The Morgan fingerprint density at radius 2 is 2.00 bits per heavy atom. The van der Waals surface area contributed by atoms with E-state index in [1.807, 2.05) is 24.3 Å². The molecule has 1 aliphatic carbocycles. The van der Waals surface area contributed by atoms with Gasteiger partial charge < -0.3 is 10.8 Å². The first-order valence-corrected chi connectivity index (χ1v) is 6.61. The Kier molecular flexibility index (Phi) is 3.69.